The number of piperidine rings is 2. The van der Waals surface area contributed by atoms with Crippen LogP contribution in [0, 0.1) is 5.92 Å². The number of carbonyl (C=O) groups is 1. The first-order chi connectivity index (χ1) is 9.63. The minimum Gasteiger partial charge on any atom is -0.389 e. The third kappa shape index (κ3) is 2.66. The summed E-state index contributed by atoms with van der Waals surface area (Å²) in [4.78, 5) is 13.8. The van der Waals surface area contributed by atoms with E-state index in [1.807, 2.05) is 12.1 Å². The number of nitrogens with one attached hydrogen (secondary N) is 1. The van der Waals surface area contributed by atoms with Gasteiger partial charge in [-0.05, 0) is 43.4 Å². The fourth-order valence-corrected chi connectivity index (χ4v) is 3.31. The lowest BCUT2D eigenvalue weighted by molar-refractivity contribution is -0.124. The third-order valence-electron chi connectivity index (χ3n) is 4.56. The molecule has 2 aliphatic rings. The number of hydrogen-bond acceptors (Lipinski definition) is 3. The molecular formula is C16H22N2O2. The summed E-state index contributed by atoms with van der Waals surface area (Å²) in [7, 11) is 0. The van der Waals surface area contributed by atoms with Gasteiger partial charge in [0.2, 0.25) is 5.91 Å². The van der Waals surface area contributed by atoms with Gasteiger partial charge in [-0.2, -0.15) is 0 Å². The maximum atomic E-state index is 11.4. The lowest BCUT2D eigenvalue weighted by Crippen LogP contribution is -2.54. The van der Waals surface area contributed by atoms with E-state index >= 15 is 0 Å². The molecule has 1 aromatic rings. The zero-order valence-corrected chi connectivity index (χ0v) is 11.9. The summed E-state index contributed by atoms with van der Waals surface area (Å²) in [5, 5.41) is 12.7. The molecule has 2 N–H and O–H groups in total. The van der Waals surface area contributed by atoms with E-state index < -0.39 is 6.10 Å². The Balaban J connectivity index is 1.68. The normalized spacial score (nSPS) is 27.7. The first kappa shape index (κ1) is 13.4. The topological polar surface area (TPSA) is 52.6 Å². The van der Waals surface area contributed by atoms with Crippen LogP contribution >= 0.6 is 0 Å². The number of anilines is 1. The Morgan fingerprint density at radius 3 is 2.75 bits per heavy atom. The maximum absolute atomic E-state index is 11.4. The van der Waals surface area contributed by atoms with Gasteiger partial charge in [-0.25, -0.2) is 0 Å². The number of fused-ring (bicyclic) bond motifs is 1. The second-order valence-corrected chi connectivity index (χ2v) is 5.97. The highest BCUT2D eigenvalue weighted by atomic mass is 16.3. The van der Waals surface area contributed by atoms with Crippen LogP contribution in [0.1, 0.15) is 37.9 Å². The van der Waals surface area contributed by atoms with Crippen molar-refractivity contribution < 1.29 is 9.90 Å². The van der Waals surface area contributed by atoms with E-state index in [2.05, 4.69) is 22.3 Å². The lowest BCUT2D eigenvalue weighted by atomic mass is 9.85. The van der Waals surface area contributed by atoms with Crippen LogP contribution in [0.3, 0.4) is 0 Å². The highest BCUT2D eigenvalue weighted by Crippen LogP contribution is 2.29. The van der Waals surface area contributed by atoms with Crippen molar-refractivity contribution >= 4 is 11.6 Å². The quantitative estimate of drug-likeness (QED) is 0.865. The molecule has 0 bridgehead atoms. The zero-order chi connectivity index (χ0) is 14.1. The van der Waals surface area contributed by atoms with Gasteiger partial charge in [-0.15, -0.1) is 0 Å². The summed E-state index contributed by atoms with van der Waals surface area (Å²) in [5.74, 6) is 0.777. The summed E-state index contributed by atoms with van der Waals surface area (Å²) in [6.45, 7) is 3.78. The highest BCUT2D eigenvalue weighted by Gasteiger charge is 2.33. The molecule has 3 rings (SSSR count). The average Bonchev–Trinajstić information content (AvgIpc) is 2.47. The van der Waals surface area contributed by atoms with Gasteiger partial charge in [0.1, 0.15) is 0 Å². The van der Waals surface area contributed by atoms with Gasteiger partial charge in [0.05, 0.1) is 6.10 Å². The Morgan fingerprint density at radius 2 is 2.05 bits per heavy atom. The Hall–Kier alpha value is -1.55. The molecule has 2 fully saturated rings. The molecule has 0 aromatic heterocycles. The van der Waals surface area contributed by atoms with Crippen molar-refractivity contribution in [1.82, 2.24) is 5.32 Å². The average molecular weight is 274 g/mol. The summed E-state index contributed by atoms with van der Waals surface area (Å²) in [6.07, 6.45) is 2.27. The number of hydrogen-bond donors (Lipinski definition) is 2. The Bertz CT molecular complexity index is 484. The van der Waals surface area contributed by atoms with Crippen molar-refractivity contribution in [1.29, 1.82) is 0 Å². The third-order valence-corrected chi connectivity index (χ3v) is 4.56. The Kier molecular flexibility index (Phi) is 3.66. The molecule has 0 spiro atoms. The second kappa shape index (κ2) is 5.44. The molecule has 0 aliphatic carbocycles. The lowest BCUT2D eigenvalue weighted by Gasteiger charge is -2.42. The van der Waals surface area contributed by atoms with Gasteiger partial charge in [0.15, 0.2) is 0 Å². The first-order valence-electron chi connectivity index (χ1n) is 7.46. The van der Waals surface area contributed by atoms with E-state index in [9.17, 15) is 9.90 Å². The second-order valence-electron chi connectivity index (χ2n) is 5.97. The first-order valence-corrected chi connectivity index (χ1v) is 7.46. The van der Waals surface area contributed by atoms with Crippen LogP contribution in [0.2, 0.25) is 0 Å². The van der Waals surface area contributed by atoms with Gasteiger partial charge in [0.25, 0.3) is 0 Å². The number of aliphatic hydroxyl groups is 1. The van der Waals surface area contributed by atoms with Crippen LogP contribution < -0.4 is 10.2 Å². The van der Waals surface area contributed by atoms with Crippen LogP contribution in [0.25, 0.3) is 0 Å². The zero-order valence-electron chi connectivity index (χ0n) is 11.9. The van der Waals surface area contributed by atoms with Gasteiger partial charge in [-0.3, -0.25) is 4.79 Å². The van der Waals surface area contributed by atoms with Gasteiger partial charge < -0.3 is 15.3 Å². The van der Waals surface area contributed by atoms with Crippen LogP contribution in [0.5, 0.6) is 0 Å². The van der Waals surface area contributed by atoms with Crippen LogP contribution in [-0.2, 0) is 4.79 Å². The molecule has 2 heterocycles. The standard InChI is InChI=1S/C16H22N2O2/c1-11(19)12-2-5-14(6-3-12)18-9-8-15-13(10-18)4-7-16(20)17-15/h2-3,5-6,11,13,15,19H,4,7-10H2,1H3,(H,17,20)/t11-,13?,15?/m0/s1. The number of rotatable bonds is 2. The molecule has 108 valence electrons. The van der Waals surface area contributed by atoms with E-state index in [-0.39, 0.29) is 5.91 Å². The fourth-order valence-electron chi connectivity index (χ4n) is 3.31. The summed E-state index contributed by atoms with van der Waals surface area (Å²) in [5.41, 5.74) is 2.17. The molecule has 2 aliphatic heterocycles. The monoisotopic (exact) mass is 274 g/mol. The molecule has 3 atom stereocenters. The van der Waals surface area contributed by atoms with E-state index in [4.69, 9.17) is 0 Å². The SMILES string of the molecule is C[C@H](O)c1ccc(N2CCC3NC(=O)CCC3C2)cc1. The van der Waals surface area contributed by atoms with E-state index in [0.717, 1.165) is 31.5 Å². The Labute approximate surface area is 119 Å². The molecule has 0 saturated carbocycles. The van der Waals surface area contributed by atoms with Crippen LogP contribution in [0.15, 0.2) is 24.3 Å². The summed E-state index contributed by atoms with van der Waals surface area (Å²) in [6, 6.07) is 8.53. The molecule has 20 heavy (non-hydrogen) atoms. The van der Waals surface area contributed by atoms with Crippen LogP contribution in [0.4, 0.5) is 5.69 Å². The molecule has 4 heteroatoms. The van der Waals surface area contributed by atoms with Gasteiger partial charge in [0, 0.05) is 31.2 Å². The molecule has 2 unspecified atom stereocenters. The predicted octanol–water partition coefficient (Wildman–Crippen LogP) is 1.84. The number of benzene rings is 1. The summed E-state index contributed by atoms with van der Waals surface area (Å²) >= 11 is 0. The molecule has 1 aromatic carbocycles. The van der Waals surface area contributed by atoms with E-state index in [0.29, 0.717) is 18.4 Å². The van der Waals surface area contributed by atoms with Crippen LogP contribution in [-0.4, -0.2) is 30.1 Å². The van der Waals surface area contributed by atoms with Crippen molar-refractivity contribution in [3.63, 3.8) is 0 Å². The van der Waals surface area contributed by atoms with Crippen molar-refractivity contribution in [3.8, 4) is 0 Å². The smallest absolute Gasteiger partial charge is 0.220 e. The maximum Gasteiger partial charge on any atom is 0.220 e. The van der Waals surface area contributed by atoms with E-state index in [1.165, 1.54) is 5.69 Å². The van der Waals surface area contributed by atoms with E-state index in [1.54, 1.807) is 6.92 Å². The van der Waals surface area contributed by atoms with Gasteiger partial charge >= 0.3 is 0 Å². The largest absolute Gasteiger partial charge is 0.389 e. The molecule has 1 amide bonds. The fraction of sp³-hybridized carbons (Fsp3) is 0.562. The number of carbonyl (C=O) groups excluding carboxylic acids is 1. The van der Waals surface area contributed by atoms with Crippen molar-refractivity contribution in [2.75, 3.05) is 18.0 Å². The van der Waals surface area contributed by atoms with Crippen molar-refractivity contribution in [2.24, 2.45) is 5.92 Å². The highest BCUT2D eigenvalue weighted by molar-refractivity contribution is 5.77. The summed E-state index contributed by atoms with van der Waals surface area (Å²) < 4.78 is 0. The molecule has 4 nitrogen and oxygen atoms in total. The van der Waals surface area contributed by atoms with Crippen molar-refractivity contribution in [2.45, 2.75) is 38.3 Å². The minimum absolute atomic E-state index is 0.209. The number of aliphatic hydroxyl groups excluding tert-OH is 1. The molecule has 2 saturated heterocycles. The van der Waals surface area contributed by atoms with Gasteiger partial charge in [-0.1, -0.05) is 12.1 Å². The molecule has 0 radical (unpaired) electrons. The van der Waals surface area contributed by atoms with Crippen molar-refractivity contribution in [3.05, 3.63) is 29.8 Å². The number of nitrogens with zero attached hydrogens (tertiary/aromatic N) is 1. The predicted molar refractivity (Wildman–Crippen MR) is 78.6 cm³/mol. The number of amides is 1. The minimum atomic E-state index is -0.414. The molecular weight excluding hydrogens is 252 g/mol. The Morgan fingerprint density at radius 1 is 1.30 bits per heavy atom.